The Labute approximate surface area is 149 Å². The molecule has 0 saturated carbocycles. The van der Waals surface area contributed by atoms with Gasteiger partial charge in [-0.15, -0.1) is 0 Å². The van der Waals surface area contributed by atoms with Crippen LogP contribution in [-0.2, 0) is 11.3 Å². The number of carbonyl (C=O) groups excluding carboxylic acids is 1. The number of hydrogen-bond acceptors (Lipinski definition) is 6. The third kappa shape index (κ3) is 5.52. The SMILES string of the molecule is CC1CCCCN1CCCNC(=O)c1cc(CN2CCOCC2)on1. The van der Waals surface area contributed by atoms with Crippen molar-refractivity contribution in [2.45, 2.75) is 45.2 Å². The lowest BCUT2D eigenvalue weighted by atomic mass is 10.0. The molecule has 2 saturated heterocycles. The lowest BCUT2D eigenvalue weighted by Crippen LogP contribution is -2.39. The van der Waals surface area contributed by atoms with Crippen LogP contribution >= 0.6 is 0 Å². The van der Waals surface area contributed by atoms with E-state index in [4.69, 9.17) is 9.26 Å². The minimum atomic E-state index is -0.149. The average molecular weight is 350 g/mol. The van der Waals surface area contributed by atoms with E-state index < -0.39 is 0 Å². The zero-order valence-electron chi connectivity index (χ0n) is 15.2. The summed E-state index contributed by atoms with van der Waals surface area (Å²) in [5.74, 6) is 0.581. The van der Waals surface area contributed by atoms with Crippen LogP contribution in [0.15, 0.2) is 10.6 Å². The van der Waals surface area contributed by atoms with Crippen LogP contribution < -0.4 is 5.32 Å². The molecule has 140 valence electrons. The molecule has 0 bridgehead atoms. The molecule has 0 radical (unpaired) electrons. The van der Waals surface area contributed by atoms with Crippen LogP contribution in [0.2, 0.25) is 0 Å². The third-order valence-electron chi connectivity index (χ3n) is 5.12. The Morgan fingerprint density at radius 1 is 1.32 bits per heavy atom. The van der Waals surface area contributed by atoms with Gasteiger partial charge < -0.3 is 19.5 Å². The second kappa shape index (κ2) is 9.31. The van der Waals surface area contributed by atoms with Crippen molar-refractivity contribution in [3.63, 3.8) is 0 Å². The highest BCUT2D eigenvalue weighted by Gasteiger charge is 2.18. The van der Waals surface area contributed by atoms with Crippen LogP contribution in [0.4, 0.5) is 0 Å². The Kier molecular flexibility index (Phi) is 6.84. The number of aromatic nitrogens is 1. The number of piperidine rings is 1. The summed E-state index contributed by atoms with van der Waals surface area (Å²) in [6.07, 6.45) is 4.89. The standard InChI is InChI=1S/C18H30N4O3/c1-15-5-2-3-7-22(15)8-4-6-19-18(23)17-13-16(25-20-17)14-21-9-11-24-12-10-21/h13,15H,2-12,14H2,1H3,(H,19,23). The van der Waals surface area contributed by atoms with Gasteiger partial charge >= 0.3 is 0 Å². The monoisotopic (exact) mass is 350 g/mol. The summed E-state index contributed by atoms with van der Waals surface area (Å²) in [6.45, 7) is 9.14. The summed E-state index contributed by atoms with van der Waals surface area (Å²) < 4.78 is 10.6. The highest BCUT2D eigenvalue weighted by molar-refractivity contribution is 5.92. The number of nitrogens with zero attached hydrogens (tertiary/aromatic N) is 3. The number of amides is 1. The molecule has 1 aromatic heterocycles. The lowest BCUT2D eigenvalue weighted by molar-refractivity contribution is 0.0305. The second-order valence-corrected chi connectivity index (χ2v) is 7.06. The molecule has 1 unspecified atom stereocenters. The van der Waals surface area contributed by atoms with Crippen molar-refractivity contribution in [1.82, 2.24) is 20.3 Å². The molecule has 2 aliphatic heterocycles. The Morgan fingerprint density at radius 2 is 2.16 bits per heavy atom. The summed E-state index contributed by atoms with van der Waals surface area (Å²) in [6, 6.07) is 2.42. The van der Waals surface area contributed by atoms with Crippen molar-refractivity contribution in [1.29, 1.82) is 0 Å². The topological polar surface area (TPSA) is 70.8 Å². The molecule has 7 heteroatoms. The van der Waals surface area contributed by atoms with Crippen LogP contribution in [0.1, 0.15) is 48.9 Å². The van der Waals surface area contributed by atoms with E-state index in [1.165, 1.54) is 25.8 Å². The quantitative estimate of drug-likeness (QED) is 0.752. The van der Waals surface area contributed by atoms with Gasteiger partial charge in [-0.25, -0.2) is 0 Å². The summed E-state index contributed by atoms with van der Waals surface area (Å²) in [7, 11) is 0. The third-order valence-corrected chi connectivity index (χ3v) is 5.12. The van der Waals surface area contributed by atoms with Gasteiger partial charge in [-0.05, 0) is 32.7 Å². The molecule has 0 spiro atoms. The van der Waals surface area contributed by atoms with E-state index >= 15 is 0 Å². The second-order valence-electron chi connectivity index (χ2n) is 7.06. The van der Waals surface area contributed by atoms with E-state index in [0.29, 0.717) is 24.8 Å². The van der Waals surface area contributed by atoms with Crippen LogP contribution in [0, 0.1) is 0 Å². The Balaban J connectivity index is 1.36. The molecular formula is C18H30N4O3. The Morgan fingerprint density at radius 3 is 2.96 bits per heavy atom. The van der Waals surface area contributed by atoms with E-state index in [1.54, 1.807) is 6.07 Å². The normalized spacial score (nSPS) is 22.8. The number of carbonyl (C=O) groups is 1. The van der Waals surface area contributed by atoms with Crippen LogP contribution in [0.3, 0.4) is 0 Å². The zero-order valence-corrected chi connectivity index (χ0v) is 15.2. The van der Waals surface area contributed by atoms with Gasteiger partial charge in [0.05, 0.1) is 19.8 Å². The molecule has 0 aliphatic carbocycles. The van der Waals surface area contributed by atoms with Crippen LogP contribution in [0.25, 0.3) is 0 Å². The van der Waals surface area contributed by atoms with Crippen molar-refractivity contribution in [3.8, 4) is 0 Å². The Hall–Kier alpha value is -1.44. The maximum atomic E-state index is 12.2. The average Bonchev–Trinajstić information content (AvgIpc) is 3.09. The molecule has 2 aliphatic rings. The predicted molar refractivity (Wildman–Crippen MR) is 94.4 cm³/mol. The van der Waals surface area contributed by atoms with E-state index in [1.807, 2.05) is 0 Å². The first-order valence-electron chi connectivity index (χ1n) is 9.50. The number of ether oxygens (including phenoxy) is 1. The maximum Gasteiger partial charge on any atom is 0.273 e. The zero-order chi connectivity index (χ0) is 17.5. The van der Waals surface area contributed by atoms with Crippen molar-refractivity contribution in [2.24, 2.45) is 0 Å². The first kappa shape index (κ1) is 18.4. The first-order valence-corrected chi connectivity index (χ1v) is 9.50. The van der Waals surface area contributed by atoms with Crippen LogP contribution in [-0.4, -0.2) is 72.8 Å². The van der Waals surface area contributed by atoms with Gasteiger partial charge in [0.25, 0.3) is 5.91 Å². The minimum absolute atomic E-state index is 0.149. The summed E-state index contributed by atoms with van der Waals surface area (Å²) >= 11 is 0. The number of hydrogen-bond donors (Lipinski definition) is 1. The molecule has 3 heterocycles. The molecule has 7 nitrogen and oxygen atoms in total. The fourth-order valence-corrected chi connectivity index (χ4v) is 3.54. The van der Waals surface area contributed by atoms with Crippen molar-refractivity contribution in [2.75, 3.05) is 45.9 Å². The molecule has 1 atom stereocenters. The summed E-state index contributed by atoms with van der Waals surface area (Å²) in [4.78, 5) is 16.9. The van der Waals surface area contributed by atoms with Gasteiger partial charge in [0.1, 0.15) is 0 Å². The molecule has 1 amide bonds. The predicted octanol–water partition coefficient (Wildman–Crippen LogP) is 1.50. The highest BCUT2D eigenvalue weighted by atomic mass is 16.5. The van der Waals surface area contributed by atoms with E-state index in [2.05, 4.69) is 27.2 Å². The summed E-state index contributed by atoms with van der Waals surface area (Å²) in [5, 5.41) is 6.86. The van der Waals surface area contributed by atoms with E-state index in [9.17, 15) is 4.79 Å². The lowest BCUT2D eigenvalue weighted by Gasteiger charge is -2.33. The maximum absolute atomic E-state index is 12.2. The molecule has 3 rings (SSSR count). The largest absolute Gasteiger partial charge is 0.379 e. The molecule has 1 aromatic rings. The van der Waals surface area contributed by atoms with E-state index in [0.717, 1.165) is 45.0 Å². The number of likely N-dealkylation sites (tertiary alicyclic amines) is 1. The molecule has 1 N–H and O–H groups in total. The molecular weight excluding hydrogens is 320 g/mol. The Bertz CT molecular complexity index is 542. The number of rotatable bonds is 7. The number of morpholine rings is 1. The molecule has 2 fully saturated rings. The van der Waals surface area contributed by atoms with Gasteiger partial charge in [0.15, 0.2) is 11.5 Å². The van der Waals surface area contributed by atoms with Crippen LogP contribution in [0.5, 0.6) is 0 Å². The fourth-order valence-electron chi connectivity index (χ4n) is 3.54. The van der Waals surface area contributed by atoms with Crippen molar-refractivity contribution in [3.05, 3.63) is 17.5 Å². The van der Waals surface area contributed by atoms with Gasteiger partial charge in [-0.1, -0.05) is 11.6 Å². The van der Waals surface area contributed by atoms with Gasteiger partial charge in [-0.3, -0.25) is 9.69 Å². The fraction of sp³-hybridized carbons (Fsp3) is 0.778. The van der Waals surface area contributed by atoms with Crippen molar-refractivity contribution >= 4 is 5.91 Å². The molecule has 25 heavy (non-hydrogen) atoms. The summed E-state index contributed by atoms with van der Waals surface area (Å²) in [5.41, 5.74) is 0.370. The number of nitrogens with one attached hydrogen (secondary N) is 1. The van der Waals surface area contributed by atoms with Crippen molar-refractivity contribution < 1.29 is 14.1 Å². The first-order chi connectivity index (χ1) is 12.2. The smallest absolute Gasteiger partial charge is 0.273 e. The molecule has 0 aromatic carbocycles. The van der Waals surface area contributed by atoms with Gasteiger partial charge in [0, 0.05) is 38.3 Å². The van der Waals surface area contributed by atoms with Gasteiger partial charge in [0.2, 0.25) is 0 Å². The van der Waals surface area contributed by atoms with Gasteiger partial charge in [-0.2, -0.15) is 0 Å². The van der Waals surface area contributed by atoms with E-state index in [-0.39, 0.29) is 5.91 Å². The highest BCUT2D eigenvalue weighted by Crippen LogP contribution is 2.16. The minimum Gasteiger partial charge on any atom is -0.379 e.